The molecule has 2 aliphatic rings. The van der Waals surface area contributed by atoms with Crippen LogP contribution < -0.4 is 5.32 Å². The molecule has 0 amide bonds. The van der Waals surface area contributed by atoms with Gasteiger partial charge in [-0.2, -0.15) is 0 Å². The van der Waals surface area contributed by atoms with Crippen LogP contribution in [0.3, 0.4) is 0 Å². The number of nitrogens with zero attached hydrogens (tertiary/aromatic N) is 4. The summed E-state index contributed by atoms with van der Waals surface area (Å²) in [5.41, 5.74) is 1.54. The van der Waals surface area contributed by atoms with Gasteiger partial charge in [0.2, 0.25) is 0 Å². The van der Waals surface area contributed by atoms with Crippen LogP contribution in [-0.2, 0) is 6.54 Å². The Morgan fingerprint density at radius 1 is 1.39 bits per heavy atom. The van der Waals surface area contributed by atoms with E-state index in [1.54, 1.807) is 0 Å². The number of aryl methyl sites for hydroxylation is 1. The van der Waals surface area contributed by atoms with E-state index in [2.05, 4.69) is 39.1 Å². The average molecular weight is 319 g/mol. The number of piperazine rings is 1. The van der Waals surface area contributed by atoms with Crippen molar-refractivity contribution in [3.8, 4) is 0 Å². The Labute approximate surface area is 138 Å². The maximum atomic E-state index is 5.14. The number of nitrogens with one attached hydrogen (secondary N) is 1. The Kier molecular flexibility index (Phi) is 4.62. The lowest BCUT2D eigenvalue weighted by atomic mass is 10.1. The Morgan fingerprint density at radius 2 is 2.09 bits per heavy atom. The van der Waals surface area contributed by atoms with Gasteiger partial charge < -0.3 is 14.7 Å². The fourth-order valence-corrected chi connectivity index (χ4v) is 3.31. The van der Waals surface area contributed by atoms with Crippen molar-refractivity contribution >= 4 is 5.96 Å². The van der Waals surface area contributed by atoms with E-state index in [-0.39, 0.29) is 0 Å². The molecular formula is C17H29N5O. The Morgan fingerprint density at radius 3 is 2.61 bits per heavy atom. The van der Waals surface area contributed by atoms with Crippen LogP contribution in [0.5, 0.6) is 0 Å². The van der Waals surface area contributed by atoms with Crippen molar-refractivity contribution in [1.29, 1.82) is 0 Å². The zero-order valence-corrected chi connectivity index (χ0v) is 14.8. The number of guanidine groups is 1. The molecule has 1 saturated heterocycles. The van der Waals surface area contributed by atoms with E-state index in [0.717, 1.165) is 62.6 Å². The third-order valence-electron chi connectivity index (χ3n) is 5.17. The predicted molar refractivity (Wildman–Crippen MR) is 91.3 cm³/mol. The van der Waals surface area contributed by atoms with Crippen molar-refractivity contribution in [3.63, 3.8) is 0 Å². The summed E-state index contributed by atoms with van der Waals surface area (Å²) in [5.74, 6) is 2.71. The van der Waals surface area contributed by atoms with E-state index in [1.165, 1.54) is 6.42 Å². The second-order valence-corrected chi connectivity index (χ2v) is 7.51. The molecule has 1 atom stereocenters. The lowest BCUT2D eigenvalue weighted by molar-refractivity contribution is 0.169. The maximum absolute atomic E-state index is 5.14. The number of rotatable bonds is 4. The number of hydrogen-bond acceptors (Lipinski definition) is 4. The molecule has 2 heterocycles. The second kappa shape index (κ2) is 6.51. The Balaban J connectivity index is 1.43. The normalized spacial score (nSPS) is 24.8. The zero-order valence-electron chi connectivity index (χ0n) is 14.8. The SMILES string of the molecule is CN=C(NCC1CC1(C)C)N1CCN(Cc2cc(C)on2)CC1. The summed E-state index contributed by atoms with van der Waals surface area (Å²) in [7, 11) is 1.88. The Bertz CT molecular complexity index is 557. The first-order valence-corrected chi connectivity index (χ1v) is 8.58. The average Bonchev–Trinajstić information content (AvgIpc) is 2.92. The van der Waals surface area contributed by atoms with Crippen LogP contribution in [-0.4, -0.2) is 60.7 Å². The van der Waals surface area contributed by atoms with E-state index in [4.69, 9.17) is 4.52 Å². The first-order valence-electron chi connectivity index (χ1n) is 8.58. The third-order valence-corrected chi connectivity index (χ3v) is 5.17. The summed E-state index contributed by atoms with van der Waals surface area (Å²) in [6.07, 6.45) is 1.32. The summed E-state index contributed by atoms with van der Waals surface area (Å²) < 4.78 is 5.14. The van der Waals surface area contributed by atoms with Gasteiger partial charge >= 0.3 is 0 Å². The van der Waals surface area contributed by atoms with Gasteiger partial charge in [-0.1, -0.05) is 19.0 Å². The predicted octanol–water partition coefficient (Wildman–Crippen LogP) is 1.72. The summed E-state index contributed by atoms with van der Waals surface area (Å²) in [6.45, 7) is 12.6. The molecule has 6 heteroatoms. The molecule has 23 heavy (non-hydrogen) atoms. The molecule has 0 spiro atoms. The number of aliphatic imine (C=N–C) groups is 1. The van der Waals surface area contributed by atoms with Crippen molar-refractivity contribution in [2.24, 2.45) is 16.3 Å². The highest BCUT2D eigenvalue weighted by Gasteiger charge is 2.45. The molecule has 1 aliphatic carbocycles. The molecule has 128 valence electrons. The minimum Gasteiger partial charge on any atom is -0.361 e. The highest BCUT2D eigenvalue weighted by molar-refractivity contribution is 5.80. The third kappa shape index (κ3) is 4.05. The van der Waals surface area contributed by atoms with Crippen LogP contribution in [0, 0.1) is 18.3 Å². The fraction of sp³-hybridized carbons (Fsp3) is 0.765. The highest BCUT2D eigenvalue weighted by atomic mass is 16.5. The van der Waals surface area contributed by atoms with Gasteiger partial charge in [-0.25, -0.2) is 0 Å². The van der Waals surface area contributed by atoms with Gasteiger partial charge in [-0.3, -0.25) is 9.89 Å². The lowest BCUT2D eigenvalue weighted by Crippen LogP contribution is -2.52. The first kappa shape index (κ1) is 16.3. The van der Waals surface area contributed by atoms with Crippen molar-refractivity contribution in [2.75, 3.05) is 39.8 Å². The maximum Gasteiger partial charge on any atom is 0.193 e. The molecule has 1 saturated carbocycles. The van der Waals surface area contributed by atoms with Crippen LogP contribution in [0.2, 0.25) is 0 Å². The van der Waals surface area contributed by atoms with Gasteiger partial charge in [-0.05, 0) is 24.7 Å². The molecule has 6 nitrogen and oxygen atoms in total. The molecule has 1 aliphatic heterocycles. The van der Waals surface area contributed by atoms with Crippen LogP contribution in [0.1, 0.15) is 31.7 Å². The van der Waals surface area contributed by atoms with Crippen molar-refractivity contribution in [3.05, 3.63) is 17.5 Å². The molecular weight excluding hydrogens is 290 g/mol. The molecule has 3 rings (SSSR count). The minimum atomic E-state index is 0.514. The molecule has 1 N–H and O–H groups in total. The molecule has 2 fully saturated rings. The standard InChI is InChI=1S/C17H29N5O/c1-13-9-15(20-23-13)12-21-5-7-22(8-6-21)16(18-4)19-11-14-10-17(14,2)3/h9,14H,5-8,10-12H2,1-4H3,(H,18,19). The van der Waals surface area contributed by atoms with Gasteiger partial charge in [0.1, 0.15) is 5.76 Å². The summed E-state index contributed by atoms with van der Waals surface area (Å²) in [6, 6.07) is 2.02. The van der Waals surface area contributed by atoms with Gasteiger partial charge in [0.05, 0.1) is 5.69 Å². The van der Waals surface area contributed by atoms with Crippen LogP contribution in [0.15, 0.2) is 15.6 Å². The Hall–Kier alpha value is -1.56. The fourth-order valence-electron chi connectivity index (χ4n) is 3.31. The highest BCUT2D eigenvalue weighted by Crippen LogP contribution is 2.50. The molecule has 0 aromatic carbocycles. The van der Waals surface area contributed by atoms with E-state index in [1.807, 2.05) is 20.0 Å². The molecule has 0 radical (unpaired) electrons. The van der Waals surface area contributed by atoms with Crippen molar-refractivity contribution in [1.82, 2.24) is 20.3 Å². The van der Waals surface area contributed by atoms with Crippen molar-refractivity contribution in [2.45, 2.75) is 33.7 Å². The van der Waals surface area contributed by atoms with Crippen LogP contribution in [0.25, 0.3) is 0 Å². The topological polar surface area (TPSA) is 56.9 Å². The van der Waals surface area contributed by atoms with Gasteiger partial charge in [0.15, 0.2) is 5.96 Å². The minimum absolute atomic E-state index is 0.514. The van der Waals surface area contributed by atoms with E-state index < -0.39 is 0 Å². The first-order chi connectivity index (χ1) is 11.0. The molecule has 1 aromatic rings. The quantitative estimate of drug-likeness (QED) is 0.676. The van der Waals surface area contributed by atoms with E-state index in [0.29, 0.717) is 5.41 Å². The van der Waals surface area contributed by atoms with Gasteiger partial charge in [0.25, 0.3) is 0 Å². The van der Waals surface area contributed by atoms with Gasteiger partial charge in [-0.15, -0.1) is 0 Å². The summed E-state index contributed by atoms with van der Waals surface area (Å²) in [4.78, 5) is 9.24. The lowest BCUT2D eigenvalue weighted by Gasteiger charge is -2.36. The molecule has 1 unspecified atom stereocenters. The zero-order chi connectivity index (χ0) is 16.4. The summed E-state index contributed by atoms with van der Waals surface area (Å²) in [5, 5.41) is 7.64. The van der Waals surface area contributed by atoms with E-state index in [9.17, 15) is 0 Å². The number of aromatic nitrogens is 1. The molecule has 1 aromatic heterocycles. The molecule has 0 bridgehead atoms. The van der Waals surface area contributed by atoms with E-state index >= 15 is 0 Å². The number of hydrogen-bond donors (Lipinski definition) is 1. The largest absolute Gasteiger partial charge is 0.361 e. The monoisotopic (exact) mass is 319 g/mol. The van der Waals surface area contributed by atoms with Gasteiger partial charge in [0, 0.05) is 52.4 Å². The summed E-state index contributed by atoms with van der Waals surface area (Å²) >= 11 is 0. The van der Waals surface area contributed by atoms with Crippen LogP contribution in [0.4, 0.5) is 0 Å². The second-order valence-electron chi connectivity index (χ2n) is 7.51. The van der Waals surface area contributed by atoms with Crippen molar-refractivity contribution < 1.29 is 4.52 Å². The smallest absolute Gasteiger partial charge is 0.193 e. The van der Waals surface area contributed by atoms with Crippen LogP contribution >= 0.6 is 0 Å².